The van der Waals surface area contributed by atoms with Crippen molar-refractivity contribution in [3.63, 3.8) is 0 Å². The van der Waals surface area contributed by atoms with Gasteiger partial charge in [-0.25, -0.2) is 13.1 Å². The van der Waals surface area contributed by atoms with E-state index in [0.717, 1.165) is 30.4 Å². The third-order valence-corrected chi connectivity index (χ3v) is 8.41. The second kappa shape index (κ2) is 9.49. The van der Waals surface area contributed by atoms with Gasteiger partial charge in [-0.15, -0.1) is 0 Å². The van der Waals surface area contributed by atoms with Crippen LogP contribution in [0.2, 0.25) is 10.0 Å². The van der Waals surface area contributed by atoms with E-state index in [-0.39, 0.29) is 21.5 Å². The van der Waals surface area contributed by atoms with Gasteiger partial charge in [-0.3, -0.25) is 9.59 Å². The first-order valence-corrected chi connectivity index (χ1v) is 12.1. The summed E-state index contributed by atoms with van der Waals surface area (Å²) < 4.78 is 27.3. The third-order valence-electron chi connectivity index (χ3n) is 5.26. The summed E-state index contributed by atoms with van der Waals surface area (Å²) in [6.07, 6.45) is 6.43. The van der Waals surface area contributed by atoms with Crippen LogP contribution < -0.4 is 10.9 Å². The summed E-state index contributed by atoms with van der Waals surface area (Å²) in [5.41, 5.74) is 0.297. The van der Waals surface area contributed by atoms with Crippen molar-refractivity contribution in [2.45, 2.75) is 62.1 Å². The minimum absolute atomic E-state index is 0.00483. The standard InChI is InChI=1S/C20H23Cl2N3O4S/c1-13-8-9-14(10-17(13)30(28,29)15-6-4-2-3-5-7-15)24-18(26)12-25-20(27)19(22)16(21)11-23-25/h8-11,15H,2-7,12H2,1H3,(H,24,26). The molecule has 2 aromatic rings. The number of sulfone groups is 1. The topological polar surface area (TPSA) is 98.1 Å². The fraction of sp³-hybridized carbons (Fsp3) is 0.450. The van der Waals surface area contributed by atoms with Crippen LogP contribution in [0.15, 0.2) is 34.1 Å². The van der Waals surface area contributed by atoms with E-state index in [1.807, 2.05) is 0 Å². The van der Waals surface area contributed by atoms with E-state index in [0.29, 0.717) is 24.1 Å². The number of nitrogens with one attached hydrogen (secondary N) is 1. The van der Waals surface area contributed by atoms with Gasteiger partial charge in [0.1, 0.15) is 11.6 Å². The molecule has 0 radical (unpaired) electrons. The van der Waals surface area contributed by atoms with Crippen molar-refractivity contribution in [3.05, 3.63) is 50.4 Å². The van der Waals surface area contributed by atoms with Gasteiger partial charge in [0.2, 0.25) is 5.91 Å². The number of aryl methyl sites for hydroxylation is 1. The molecule has 3 rings (SSSR count). The highest BCUT2D eigenvalue weighted by Crippen LogP contribution is 2.31. The first kappa shape index (κ1) is 22.8. The minimum Gasteiger partial charge on any atom is -0.324 e. The number of hydrogen-bond donors (Lipinski definition) is 1. The molecule has 1 aliphatic carbocycles. The lowest BCUT2D eigenvalue weighted by molar-refractivity contribution is -0.117. The first-order chi connectivity index (χ1) is 14.2. The molecule has 1 amide bonds. The maximum absolute atomic E-state index is 13.2. The lowest BCUT2D eigenvalue weighted by atomic mass is 10.2. The summed E-state index contributed by atoms with van der Waals surface area (Å²) in [7, 11) is -3.50. The van der Waals surface area contributed by atoms with Crippen molar-refractivity contribution >= 4 is 44.6 Å². The Hall–Kier alpha value is -1.90. The molecule has 162 valence electrons. The van der Waals surface area contributed by atoms with Crippen LogP contribution in [0.5, 0.6) is 0 Å². The van der Waals surface area contributed by atoms with E-state index < -0.39 is 26.6 Å². The number of amides is 1. The zero-order chi connectivity index (χ0) is 21.9. The molecule has 1 aromatic carbocycles. The number of benzene rings is 1. The van der Waals surface area contributed by atoms with Gasteiger partial charge in [0.25, 0.3) is 5.56 Å². The predicted octanol–water partition coefficient (Wildman–Crippen LogP) is 3.99. The van der Waals surface area contributed by atoms with Crippen LogP contribution in [0.25, 0.3) is 0 Å². The lowest BCUT2D eigenvalue weighted by Crippen LogP contribution is -2.30. The fourth-order valence-corrected chi connectivity index (χ4v) is 6.00. The van der Waals surface area contributed by atoms with Gasteiger partial charge in [-0.2, -0.15) is 5.10 Å². The van der Waals surface area contributed by atoms with Crippen LogP contribution in [0.3, 0.4) is 0 Å². The summed E-state index contributed by atoms with van der Waals surface area (Å²) in [6.45, 7) is 1.36. The molecule has 0 unspecified atom stereocenters. The zero-order valence-electron chi connectivity index (χ0n) is 16.5. The van der Waals surface area contributed by atoms with Crippen molar-refractivity contribution in [2.75, 3.05) is 5.32 Å². The highest BCUT2D eigenvalue weighted by molar-refractivity contribution is 7.92. The number of hydrogen-bond acceptors (Lipinski definition) is 5. The smallest absolute Gasteiger partial charge is 0.287 e. The monoisotopic (exact) mass is 471 g/mol. The van der Waals surface area contributed by atoms with Gasteiger partial charge in [0.15, 0.2) is 9.84 Å². The van der Waals surface area contributed by atoms with Crippen molar-refractivity contribution < 1.29 is 13.2 Å². The number of anilines is 1. The van der Waals surface area contributed by atoms with Gasteiger partial charge >= 0.3 is 0 Å². The number of nitrogens with zero attached hydrogens (tertiary/aromatic N) is 2. The van der Waals surface area contributed by atoms with Crippen LogP contribution in [-0.4, -0.2) is 29.4 Å². The molecule has 1 saturated carbocycles. The molecule has 0 bridgehead atoms. The number of carbonyl (C=O) groups excluding carboxylic acids is 1. The van der Waals surface area contributed by atoms with Crippen molar-refractivity contribution in [3.8, 4) is 0 Å². The van der Waals surface area contributed by atoms with Gasteiger partial charge in [0, 0.05) is 5.69 Å². The molecule has 7 nitrogen and oxygen atoms in total. The summed E-state index contributed by atoms with van der Waals surface area (Å²) in [4.78, 5) is 24.7. The second-order valence-corrected chi connectivity index (χ2v) is 10.4. The fourth-order valence-electron chi connectivity index (χ4n) is 3.61. The molecule has 0 spiro atoms. The molecule has 1 aromatic heterocycles. The van der Waals surface area contributed by atoms with E-state index in [4.69, 9.17) is 23.2 Å². The molecule has 1 heterocycles. The summed E-state index contributed by atoms with van der Waals surface area (Å²) in [6, 6.07) is 4.78. The number of carbonyl (C=O) groups is 1. The van der Waals surface area contributed by atoms with E-state index in [9.17, 15) is 18.0 Å². The van der Waals surface area contributed by atoms with Gasteiger partial charge in [-0.1, -0.05) is 55.0 Å². The maximum Gasteiger partial charge on any atom is 0.287 e. The number of aromatic nitrogens is 2. The molecule has 1 N–H and O–H groups in total. The minimum atomic E-state index is -3.50. The van der Waals surface area contributed by atoms with Crippen molar-refractivity contribution in [1.82, 2.24) is 9.78 Å². The van der Waals surface area contributed by atoms with E-state index >= 15 is 0 Å². The lowest BCUT2D eigenvalue weighted by Gasteiger charge is -2.18. The molecule has 0 aliphatic heterocycles. The normalized spacial score (nSPS) is 15.6. The first-order valence-electron chi connectivity index (χ1n) is 9.75. The Labute approximate surface area is 185 Å². The van der Waals surface area contributed by atoms with Crippen molar-refractivity contribution in [2.24, 2.45) is 0 Å². The Morgan fingerprint density at radius 3 is 2.53 bits per heavy atom. The highest BCUT2D eigenvalue weighted by Gasteiger charge is 2.29. The Morgan fingerprint density at radius 1 is 1.20 bits per heavy atom. The summed E-state index contributed by atoms with van der Waals surface area (Å²) >= 11 is 11.5. The molecule has 10 heteroatoms. The maximum atomic E-state index is 13.2. The third kappa shape index (κ3) is 5.04. The Balaban J connectivity index is 1.80. The molecule has 0 saturated heterocycles. The molecule has 1 aliphatic rings. The summed E-state index contributed by atoms with van der Waals surface area (Å²) in [5.74, 6) is -0.537. The van der Waals surface area contributed by atoms with E-state index in [1.165, 1.54) is 12.3 Å². The average Bonchev–Trinajstić information content (AvgIpc) is 3.00. The molecular weight excluding hydrogens is 449 g/mol. The number of halogens is 2. The Bertz CT molecular complexity index is 1110. The van der Waals surface area contributed by atoms with E-state index in [2.05, 4.69) is 10.4 Å². The van der Waals surface area contributed by atoms with Crippen LogP contribution in [-0.2, 0) is 21.2 Å². The van der Waals surface area contributed by atoms with Gasteiger partial charge in [-0.05, 0) is 37.5 Å². The molecule has 30 heavy (non-hydrogen) atoms. The molecule has 1 fully saturated rings. The highest BCUT2D eigenvalue weighted by atomic mass is 35.5. The van der Waals surface area contributed by atoms with Gasteiger partial charge in [0.05, 0.1) is 21.4 Å². The average molecular weight is 472 g/mol. The van der Waals surface area contributed by atoms with Crippen LogP contribution in [0.1, 0.15) is 44.1 Å². The Kier molecular flexibility index (Phi) is 7.21. The zero-order valence-corrected chi connectivity index (χ0v) is 18.9. The SMILES string of the molecule is Cc1ccc(NC(=O)Cn2ncc(Cl)c(Cl)c2=O)cc1S(=O)(=O)C1CCCCCC1. The largest absolute Gasteiger partial charge is 0.324 e. The predicted molar refractivity (Wildman–Crippen MR) is 117 cm³/mol. The quantitative estimate of drug-likeness (QED) is 0.664. The van der Waals surface area contributed by atoms with Crippen LogP contribution >= 0.6 is 23.2 Å². The Morgan fingerprint density at radius 2 is 1.87 bits per heavy atom. The molecular formula is C20H23Cl2N3O4S. The van der Waals surface area contributed by atoms with E-state index in [1.54, 1.807) is 19.1 Å². The second-order valence-electron chi connectivity index (χ2n) is 7.46. The molecule has 0 atom stereocenters. The summed E-state index contributed by atoms with van der Waals surface area (Å²) in [5, 5.41) is 5.81. The van der Waals surface area contributed by atoms with Crippen LogP contribution in [0.4, 0.5) is 5.69 Å². The number of rotatable bonds is 5. The van der Waals surface area contributed by atoms with Gasteiger partial charge < -0.3 is 5.32 Å². The van der Waals surface area contributed by atoms with Crippen LogP contribution in [0, 0.1) is 6.92 Å². The van der Waals surface area contributed by atoms with Crippen molar-refractivity contribution in [1.29, 1.82) is 0 Å².